The van der Waals surface area contributed by atoms with Crippen molar-refractivity contribution in [1.82, 2.24) is 15.1 Å². The second-order valence-electron chi connectivity index (χ2n) is 9.61. The average Bonchev–Trinajstić information content (AvgIpc) is 3.59. The Morgan fingerprint density at radius 3 is 2.62 bits per heavy atom. The van der Waals surface area contributed by atoms with Crippen LogP contribution in [-0.2, 0) is 4.79 Å². The van der Waals surface area contributed by atoms with Gasteiger partial charge in [-0.25, -0.2) is 4.79 Å². The van der Waals surface area contributed by atoms with Crippen LogP contribution in [0.3, 0.4) is 0 Å². The number of nitrogens with two attached hydrogens (primary N) is 1. The molecule has 2 aliphatic carbocycles. The Balaban J connectivity index is 1.53. The Bertz CT molecular complexity index is 833. The van der Waals surface area contributed by atoms with Gasteiger partial charge in [0.1, 0.15) is 0 Å². The van der Waals surface area contributed by atoms with Crippen LogP contribution in [0.2, 0.25) is 5.02 Å². The van der Waals surface area contributed by atoms with Gasteiger partial charge in [-0.15, -0.1) is 0 Å². The Kier molecular flexibility index (Phi) is 7.27. The maximum Gasteiger partial charge on any atom is 0.415 e. The van der Waals surface area contributed by atoms with Gasteiger partial charge in [0, 0.05) is 25.6 Å². The molecular weight excluding hydrogens is 428 g/mol. The van der Waals surface area contributed by atoms with Gasteiger partial charge in [0.05, 0.1) is 17.1 Å². The van der Waals surface area contributed by atoms with E-state index in [1.807, 2.05) is 16.7 Å². The van der Waals surface area contributed by atoms with E-state index in [2.05, 4.69) is 5.32 Å². The summed E-state index contributed by atoms with van der Waals surface area (Å²) in [5, 5.41) is 4.03. The molecule has 0 aromatic heterocycles. The van der Waals surface area contributed by atoms with Crippen LogP contribution in [0, 0.1) is 11.8 Å². The molecule has 3 N–H and O–H groups in total. The molecule has 176 valence electrons. The number of hydrogen-bond donors (Lipinski definition) is 2. The van der Waals surface area contributed by atoms with Gasteiger partial charge in [-0.1, -0.05) is 23.7 Å². The summed E-state index contributed by atoms with van der Waals surface area (Å²) in [6.07, 6.45) is 4.81. The number of carbonyl (C=O) groups excluding carboxylic acids is 2. The van der Waals surface area contributed by atoms with Gasteiger partial charge in [-0.3, -0.25) is 4.79 Å². The van der Waals surface area contributed by atoms with Crippen molar-refractivity contribution in [1.29, 1.82) is 0 Å². The number of ether oxygens (including phenoxy) is 1. The van der Waals surface area contributed by atoms with Crippen LogP contribution in [0.15, 0.2) is 24.3 Å². The molecular formula is C24H35ClN4O3. The molecule has 1 aromatic carbocycles. The zero-order valence-electron chi connectivity index (χ0n) is 19.0. The monoisotopic (exact) mass is 462 g/mol. The summed E-state index contributed by atoms with van der Waals surface area (Å²) in [5.74, 6) is 1.20. The van der Waals surface area contributed by atoms with Crippen LogP contribution >= 0.6 is 11.6 Å². The Labute approximate surface area is 195 Å². The highest BCUT2D eigenvalue weighted by molar-refractivity contribution is 6.32. The summed E-state index contributed by atoms with van der Waals surface area (Å²) < 4.78 is 5.70. The number of carbonyl (C=O) groups is 2. The van der Waals surface area contributed by atoms with E-state index < -0.39 is 6.09 Å². The number of piperazine rings is 1. The lowest BCUT2D eigenvalue weighted by molar-refractivity contribution is -0.142. The van der Waals surface area contributed by atoms with Gasteiger partial charge >= 0.3 is 6.09 Å². The van der Waals surface area contributed by atoms with Crippen molar-refractivity contribution in [2.24, 2.45) is 17.6 Å². The van der Waals surface area contributed by atoms with Gasteiger partial charge in [0.25, 0.3) is 0 Å². The van der Waals surface area contributed by atoms with Crippen LogP contribution in [-0.4, -0.2) is 65.6 Å². The first kappa shape index (κ1) is 23.3. The third-order valence-electron chi connectivity index (χ3n) is 7.36. The fraction of sp³-hybridized carbons (Fsp3) is 0.667. The molecule has 4 unspecified atom stereocenters. The van der Waals surface area contributed by atoms with Gasteiger partial charge < -0.3 is 25.6 Å². The number of fused-ring (bicyclic) bond motifs is 1. The molecule has 3 fully saturated rings. The number of hydrogen-bond acceptors (Lipinski definition) is 5. The number of amides is 2. The molecule has 1 saturated heterocycles. The predicted molar refractivity (Wildman–Crippen MR) is 125 cm³/mol. The Hall–Kier alpha value is -1.83. The topological polar surface area (TPSA) is 87.9 Å². The summed E-state index contributed by atoms with van der Waals surface area (Å²) in [7, 11) is 0. The number of halogens is 1. The maximum atomic E-state index is 13.3. The van der Waals surface area contributed by atoms with Crippen molar-refractivity contribution in [3.63, 3.8) is 0 Å². The molecule has 5 atom stereocenters. The lowest BCUT2D eigenvalue weighted by Gasteiger charge is -2.54. The lowest BCUT2D eigenvalue weighted by Crippen LogP contribution is -2.67. The molecule has 1 aromatic rings. The quantitative estimate of drug-likeness (QED) is 0.677. The summed E-state index contributed by atoms with van der Waals surface area (Å²) in [5.41, 5.74) is 6.16. The molecule has 2 amide bonds. The summed E-state index contributed by atoms with van der Waals surface area (Å²) in [6.45, 7) is 5.62. The first-order chi connectivity index (χ1) is 15.4. The number of para-hydroxylation sites is 1. The molecule has 0 radical (unpaired) electrons. The number of nitrogens with zero attached hydrogens (tertiary/aromatic N) is 2. The standard InChI is InChI=1S/C24H35ClN4O3/c1-15-14-28(24(31)32-23-6-4-3-5-20(23)25)22-11-17(7-10-21(22)29(15)16(2)30)18(12-26)13-27-19-8-9-19/h3-6,15,17-19,21-22,27H,7-14,26H2,1-2H3/t15-,17?,18?,21?,22?/m0/s1. The predicted octanol–water partition coefficient (Wildman–Crippen LogP) is 3.26. The van der Waals surface area contributed by atoms with Gasteiger partial charge in [-0.2, -0.15) is 0 Å². The minimum Gasteiger partial charge on any atom is -0.409 e. The largest absolute Gasteiger partial charge is 0.415 e. The van der Waals surface area contributed by atoms with E-state index in [9.17, 15) is 9.59 Å². The van der Waals surface area contributed by atoms with E-state index >= 15 is 0 Å². The molecule has 32 heavy (non-hydrogen) atoms. The van der Waals surface area contributed by atoms with E-state index in [4.69, 9.17) is 22.1 Å². The van der Waals surface area contributed by atoms with Crippen molar-refractivity contribution in [3.8, 4) is 5.75 Å². The van der Waals surface area contributed by atoms with Gasteiger partial charge in [0.15, 0.2) is 5.75 Å². The van der Waals surface area contributed by atoms with Crippen molar-refractivity contribution in [3.05, 3.63) is 29.3 Å². The first-order valence-electron chi connectivity index (χ1n) is 11.8. The average molecular weight is 463 g/mol. The molecule has 1 aliphatic heterocycles. The highest BCUT2D eigenvalue weighted by Crippen LogP contribution is 2.39. The molecule has 8 heteroatoms. The number of benzene rings is 1. The first-order valence-corrected chi connectivity index (χ1v) is 12.2. The zero-order valence-corrected chi connectivity index (χ0v) is 19.8. The third kappa shape index (κ3) is 5.05. The second-order valence-corrected chi connectivity index (χ2v) is 10.0. The Morgan fingerprint density at radius 2 is 1.97 bits per heavy atom. The molecule has 2 saturated carbocycles. The van der Waals surface area contributed by atoms with Crippen LogP contribution in [0.4, 0.5) is 4.79 Å². The molecule has 0 bridgehead atoms. The van der Waals surface area contributed by atoms with E-state index in [0.29, 0.717) is 41.7 Å². The molecule has 1 heterocycles. The van der Waals surface area contributed by atoms with Crippen molar-refractivity contribution in [2.75, 3.05) is 19.6 Å². The normalized spacial score (nSPS) is 28.8. The summed E-state index contributed by atoms with van der Waals surface area (Å²) in [4.78, 5) is 29.5. The van der Waals surface area contributed by atoms with Crippen molar-refractivity contribution >= 4 is 23.6 Å². The molecule has 7 nitrogen and oxygen atoms in total. The van der Waals surface area contributed by atoms with Crippen LogP contribution in [0.25, 0.3) is 0 Å². The maximum absolute atomic E-state index is 13.3. The highest BCUT2D eigenvalue weighted by atomic mass is 35.5. The third-order valence-corrected chi connectivity index (χ3v) is 7.67. The Morgan fingerprint density at radius 1 is 1.22 bits per heavy atom. The SMILES string of the molecule is CC(=O)N1C2CCC(C(CN)CNC3CC3)CC2N(C(=O)Oc2ccccc2Cl)C[C@@H]1C. The highest BCUT2D eigenvalue weighted by Gasteiger charge is 2.47. The van der Waals surface area contributed by atoms with Gasteiger partial charge in [-0.05, 0) is 76.1 Å². The van der Waals surface area contributed by atoms with Crippen molar-refractivity contribution in [2.45, 2.75) is 70.1 Å². The smallest absolute Gasteiger partial charge is 0.409 e. The van der Waals surface area contributed by atoms with Crippen LogP contribution < -0.4 is 15.8 Å². The van der Waals surface area contributed by atoms with E-state index in [1.165, 1.54) is 12.8 Å². The molecule has 0 spiro atoms. The molecule has 3 aliphatic rings. The molecule has 4 rings (SSSR count). The van der Waals surface area contributed by atoms with Gasteiger partial charge in [0.2, 0.25) is 5.91 Å². The van der Waals surface area contributed by atoms with Crippen LogP contribution in [0.1, 0.15) is 46.0 Å². The second kappa shape index (κ2) is 9.98. The summed E-state index contributed by atoms with van der Waals surface area (Å²) in [6, 6.07) is 7.50. The number of nitrogens with one attached hydrogen (secondary N) is 1. The fourth-order valence-corrected chi connectivity index (χ4v) is 5.74. The lowest BCUT2D eigenvalue weighted by atomic mass is 9.73. The zero-order chi connectivity index (χ0) is 22.8. The van der Waals surface area contributed by atoms with Crippen LogP contribution in [0.5, 0.6) is 5.75 Å². The van der Waals surface area contributed by atoms with E-state index in [1.54, 1.807) is 31.2 Å². The van der Waals surface area contributed by atoms with E-state index in [-0.39, 0.29) is 24.0 Å². The number of rotatable bonds is 6. The van der Waals surface area contributed by atoms with Crippen molar-refractivity contribution < 1.29 is 14.3 Å². The van der Waals surface area contributed by atoms with E-state index in [0.717, 1.165) is 25.8 Å². The fourth-order valence-electron chi connectivity index (χ4n) is 5.57. The minimum absolute atomic E-state index is 0.00103. The minimum atomic E-state index is -0.399. The summed E-state index contributed by atoms with van der Waals surface area (Å²) >= 11 is 6.22.